The molecule has 0 spiro atoms. The van der Waals surface area contributed by atoms with Crippen molar-refractivity contribution in [1.29, 1.82) is 0 Å². The van der Waals surface area contributed by atoms with Crippen molar-refractivity contribution < 1.29 is 0 Å². The van der Waals surface area contributed by atoms with Crippen molar-refractivity contribution in [3.63, 3.8) is 0 Å². The Hall–Kier alpha value is -1.12. The SMILES string of the molecule is CC1(C)C=CN=C(N)N=C1. The minimum Gasteiger partial charge on any atom is -0.368 e. The number of hydrogen-bond acceptors (Lipinski definition) is 3. The van der Waals surface area contributed by atoms with E-state index in [9.17, 15) is 0 Å². The number of guanidine groups is 1. The van der Waals surface area contributed by atoms with Gasteiger partial charge in [-0.05, 0) is 0 Å². The van der Waals surface area contributed by atoms with Crippen LogP contribution in [-0.4, -0.2) is 12.2 Å². The van der Waals surface area contributed by atoms with E-state index in [-0.39, 0.29) is 5.41 Å². The standard InChI is InChI=1S/C7H11N3/c1-7(2)3-4-9-6(8)10-5-7/h3-5H,1-2H3,(H2,8,9). The van der Waals surface area contributed by atoms with Crippen molar-refractivity contribution in [2.45, 2.75) is 13.8 Å². The highest BCUT2D eigenvalue weighted by molar-refractivity contribution is 5.89. The van der Waals surface area contributed by atoms with E-state index in [1.165, 1.54) is 0 Å². The van der Waals surface area contributed by atoms with Gasteiger partial charge >= 0.3 is 0 Å². The molecule has 0 aromatic heterocycles. The summed E-state index contributed by atoms with van der Waals surface area (Å²) in [6.07, 6.45) is 5.42. The van der Waals surface area contributed by atoms with Crippen LogP contribution in [0.3, 0.4) is 0 Å². The summed E-state index contributed by atoms with van der Waals surface area (Å²) in [5.74, 6) is 0.321. The molecule has 2 N–H and O–H groups in total. The van der Waals surface area contributed by atoms with Gasteiger partial charge in [0.1, 0.15) is 0 Å². The van der Waals surface area contributed by atoms with Crippen LogP contribution >= 0.6 is 0 Å². The van der Waals surface area contributed by atoms with Crippen LogP contribution in [-0.2, 0) is 0 Å². The Morgan fingerprint density at radius 2 is 2.20 bits per heavy atom. The molecule has 0 bridgehead atoms. The van der Waals surface area contributed by atoms with Gasteiger partial charge in [-0.15, -0.1) is 0 Å². The number of rotatable bonds is 0. The summed E-state index contributed by atoms with van der Waals surface area (Å²) in [5.41, 5.74) is 5.33. The minimum atomic E-state index is -0.0232. The molecule has 1 aliphatic heterocycles. The first kappa shape index (κ1) is 6.99. The first-order valence-corrected chi connectivity index (χ1v) is 3.16. The zero-order chi connectivity index (χ0) is 7.61. The molecule has 0 radical (unpaired) electrons. The molecule has 0 aromatic rings. The van der Waals surface area contributed by atoms with Crippen molar-refractivity contribution in [3.05, 3.63) is 12.3 Å². The summed E-state index contributed by atoms with van der Waals surface area (Å²) in [6.45, 7) is 4.09. The third kappa shape index (κ3) is 1.69. The van der Waals surface area contributed by atoms with E-state index < -0.39 is 0 Å². The molecule has 0 amide bonds. The highest BCUT2D eigenvalue weighted by atomic mass is 15.0. The zero-order valence-corrected chi connectivity index (χ0v) is 6.20. The highest BCUT2D eigenvalue weighted by Gasteiger charge is 2.11. The summed E-state index contributed by atoms with van der Waals surface area (Å²) in [7, 11) is 0. The lowest BCUT2D eigenvalue weighted by Gasteiger charge is -2.09. The molecule has 0 aromatic carbocycles. The van der Waals surface area contributed by atoms with E-state index in [0.717, 1.165) is 0 Å². The summed E-state index contributed by atoms with van der Waals surface area (Å²) in [6, 6.07) is 0. The van der Waals surface area contributed by atoms with Crippen molar-refractivity contribution in [3.8, 4) is 0 Å². The van der Waals surface area contributed by atoms with Crippen molar-refractivity contribution in [1.82, 2.24) is 0 Å². The van der Waals surface area contributed by atoms with Crippen LogP contribution in [0, 0.1) is 5.41 Å². The predicted octanol–water partition coefficient (Wildman–Crippen LogP) is 0.925. The minimum absolute atomic E-state index is 0.0232. The second kappa shape index (κ2) is 2.25. The molecule has 3 heteroatoms. The maximum Gasteiger partial charge on any atom is 0.219 e. The fraction of sp³-hybridized carbons (Fsp3) is 0.429. The molecule has 0 fully saturated rings. The molecule has 3 nitrogen and oxygen atoms in total. The topological polar surface area (TPSA) is 50.7 Å². The second-order valence-corrected chi connectivity index (χ2v) is 2.88. The number of aliphatic imine (C=N–C) groups is 2. The smallest absolute Gasteiger partial charge is 0.219 e. The lowest BCUT2D eigenvalue weighted by molar-refractivity contribution is 0.694. The molecule has 10 heavy (non-hydrogen) atoms. The lowest BCUT2D eigenvalue weighted by Crippen LogP contribution is -2.11. The van der Waals surface area contributed by atoms with Gasteiger partial charge in [-0.3, -0.25) is 0 Å². The van der Waals surface area contributed by atoms with Crippen LogP contribution in [0.25, 0.3) is 0 Å². The van der Waals surface area contributed by atoms with E-state index >= 15 is 0 Å². The average molecular weight is 137 g/mol. The Kier molecular flexibility index (Phi) is 1.57. The molecule has 0 unspecified atom stereocenters. The van der Waals surface area contributed by atoms with Gasteiger partial charge in [-0.2, -0.15) is 0 Å². The van der Waals surface area contributed by atoms with Crippen LogP contribution in [0.5, 0.6) is 0 Å². The molecule has 54 valence electrons. The largest absolute Gasteiger partial charge is 0.368 e. The summed E-state index contributed by atoms with van der Waals surface area (Å²) < 4.78 is 0. The van der Waals surface area contributed by atoms with E-state index in [4.69, 9.17) is 5.73 Å². The first-order chi connectivity index (χ1) is 4.60. The van der Waals surface area contributed by atoms with Gasteiger partial charge in [0.05, 0.1) is 0 Å². The lowest BCUT2D eigenvalue weighted by atomic mass is 9.96. The predicted molar refractivity (Wildman–Crippen MR) is 43.0 cm³/mol. The fourth-order valence-electron chi connectivity index (χ4n) is 0.615. The number of nitrogens with zero attached hydrogens (tertiary/aromatic N) is 2. The second-order valence-electron chi connectivity index (χ2n) is 2.88. The molecule has 0 saturated heterocycles. The van der Waals surface area contributed by atoms with E-state index in [2.05, 4.69) is 9.98 Å². The van der Waals surface area contributed by atoms with Crippen molar-refractivity contribution in [2.24, 2.45) is 21.1 Å². The number of allylic oxidation sites excluding steroid dienone is 1. The van der Waals surface area contributed by atoms with Crippen molar-refractivity contribution >= 4 is 12.2 Å². The molecule has 0 atom stereocenters. The molecule has 0 saturated carbocycles. The van der Waals surface area contributed by atoms with E-state index in [1.54, 1.807) is 12.4 Å². The fourth-order valence-corrected chi connectivity index (χ4v) is 0.615. The Morgan fingerprint density at radius 1 is 1.50 bits per heavy atom. The van der Waals surface area contributed by atoms with Gasteiger partial charge in [0.2, 0.25) is 5.96 Å². The molecule has 1 aliphatic rings. The van der Waals surface area contributed by atoms with Gasteiger partial charge in [0.15, 0.2) is 0 Å². The number of hydrogen-bond donors (Lipinski definition) is 1. The molecule has 1 rings (SSSR count). The maximum atomic E-state index is 5.36. The summed E-state index contributed by atoms with van der Waals surface area (Å²) >= 11 is 0. The maximum absolute atomic E-state index is 5.36. The van der Waals surface area contributed by atoms with Gasteiger partial charge in [-0.25, -0.2) is 9.98 Å². The quantitative estimate of drug-likeness (QED) is 0.530. The average Bonchev–Trinajstić information content (AvgIpc) is 1.94. The van der Waals surface area contributed by atoms with E-state index in [0.29, 0.717) is 5.96 Å². The Morgan fingerprint density at radius 3 is 2.90 bits per heavy atom. The molecule has 0 aliphatic carbocycles. The Balaban J connectivity index is 2.88. The Bertz CT molecular complexity index is 211. The molecule has 1 heterocycles. The van der Waals surface area contributed by atoms with Crippen LogP contribution in [0.15, 0.2) is 22.3 Å². The van der Waals surface area contributed by atoms with Gasteiger partial charge < -0.3 is 5.73 Å². The molecular formula is C7H11N3. The van der Waals surface area contributed by atoms with Crippen LogP contribution in [0.2, 0.25) is 0 Å². The van der Waals surface area contributed by atoms with Crippen LogP contribution in [0.4, 0.5) is 0 Å². The third-order valence-electron chi connectivity index (χ3n) is 1.24. The first-order valence-electron chi connectivity index (χ1n) is 3.16. The van der Waals surface area contributed by atoms with E-state index in [1.807, 2.05) is 19.9 Å². The number of nitrogens with two attached hydrogens (primary N) is 1. The normalized spacial score (nSPS) is 22.0. The molecular weight excluding hydrogens is 126 g/mol. The Labute approximate surface area is 60.4 Å². The zero-order valence-electron chi connectivity index (χ0n) is 6.20. The monoisotopic (exact) mass is 137 g/mol. The van der Waals surface area contributed by atoms with Gasteiger partial charge in [-0.1, -0.05) is 19.9 Å². The van der Waals surface area contributed by atoms with Crippen LogP contribution < -0.4 is 5.73 Å². The summed E-state index contributed by atoms with van der Waals surface area (Å²) in [4.78, 5) is 7.75. The van der Waals surface area contributed by atoms with Crippen molar-refractivity contribution in [2.75, 3.05) is 0 Å². The van der Waals surface area contributed by atoms with Crippen LogP contribution in [0.1, 0.15) is 13.8 Å². The third-order valence-corrected chi connectivity index (χ3v) is 1.24. The summed E-state index contributed by atoms with van der Waals surface area (Å²) in [5, 5.41) is 0. The van der Waals surface area contributed by atoms with Gasteiger partial charge in [0.25, 0.3) is 0 Å². The van der Waals surface area contributed by atoms with Gasteiger partial charge in [0, 0.05) is 17.8 Å². The highest BCUT2D eigenvalue weighted by Crippen LogP contribution is 2.14.